The van der Waals surface area contributed by atoms with E-state index in [1.54, 1.807) is 11.8 Å². The minimum absolute atomic E-state index is 0.0722. The van der Waals surface area contributed by atoms with Crippen molar-refractivity contribution in [2.75, 3.05) is 18.9 Å². The third kappa shape index (κ3) is 4.96. The summed E-state index contributed by atoms with van der Waals surface area (Å²) < 4.78 is 39.1. The lowest BCUT2D eigenvalue weighted by Gasteiger charge is -2.22. The molecule has 94 valence electrons. The molecule has 1 unspecified atom stereocenters. The third-order valence-corrected chi connectivity index (χ3v) is 3.81. The Morgan fingerprint density at radius 2 is 2.25 bits per heavy atom. The monoisotopic (exact) mass is 257 g/mol. The highest BCUT2D eigenvalue weighted by atomic mass is 32.2. The lowest BCUT2D eigenvalue weighted by molar-refractivity contribution is -0.160. The van der Waals surface area contributed by atoms with E-state index >= 15 is 0 Å². The fraction of sp³-hybridized carbons (Fsp3) is 0.889. The summed E-state index contributed by atoms with van der Waals surface area (Å²) >= 11 is 1.72. The molecule has 1 N–H and O–H groups in total. The van der Waals surface area contributed by atoms with Gasteiger partial charge >= 0.3 is 12.3 Å². The standard InChI is InChI=1S/C9H14F3NO2S/c1-8(3-2-4-16-8)5-13-7(14)15-6-9(10,11)12/h2-6H2,1H3,(H,13,14). The molecular weight excluding hydrogens is 243 g/mol. The summed E-state index contributed by atoms with van der Waals surface area (Å²) in [5, 5.41) is 2.36. The van der Waals surface area contributed by atoms with Crippen molar-refractivity contribution in [2.24, 2.45) is 0 Å². The quantitative estimate of drug-likeness (QED) is 0.844. The second-order valence-corrected chi connectivity index (χ2v) is 5.63. The molecule has 1 rings (SSSR count). The molecule has 0 aromatic carbocycles. The van der Waals surface area contributed by atoms with Gasteiger partial charge in [-0.1, -0.05) is 0 Å². The van der Waals surface area contributed by atoms with Crippen LogP contribution in [0, 0.1) is 0 Å². The van der Waals surface area contributed by atoms with Crippen molar-refractivity contribution in [1.82, 2.24) is 5.32 Å². The van der Waals surface area contributed by atoms with Gasteiger partial charge in [-0.25, -0.2) is 4.79 Å². The molecule has 0 aromatic heterocycles. The Kier molecular flexibility index (Phi) is 4.35. The van der Waals surface area contributed by atoms with Crippen LogP contribution in [0.15, 0.2) is 0 Å². The molecule has 1 saturated heterocycles. The van der Waals surface area contributed by atoms with Crippen LogP contribution >= 0.6 is 11.8 Å². The van der Waals surface area contributed by atoms with Gasteiger partial charge in [-0.15, -0.1) is 0 Å². The van der Waals surface area contributed by atoms with E-state index in [2.05, 4.69) is 10.1 Å². The summed E-state index contributed by atoms with van der Waals surface area (Å²) in [5.41, 5.74) is 0. The zero-order valence-electron chi connectivity index (χ0n) is 8.89. The normalized spacial score (nSPS) is 25.5. The van der Waals surface area contributed by atoms with Gasteiger partial charge in [-0.3, -0.25) is 0 Å². The van der Waals surface area contributed by atoms with Crippen LogP contribution in [0.25, 0.3) is 0 Å². The van der Waals surface area contributed by atoms with E-state index in [1.165, 1.54) is 0 Å². The Balaban J connectivity index is 2.20. The largest absolute Gasteiger partial charge is 0.440 e. The topological polar surface area (TPSA) is 38.3 Å². The summed E-state index contributed by atoms with van der Waals surface area (Å²) in [6.07, 6.45) is -3.45. The molecule has 0 aliphatic carbocycles. The minimum Gasteiger partial charge on any atom is -0.440 e. The van der Waals surface area contributed by atoms with E-state index in [4.69, 9.17) is 0 Å². The lowest BCUT2D eigenvalue weighted by Crippen LogP contribution is -2.38. The van der Waals surface area contributed by atoms with Gasteiger partial charge in [0.05, 0.1) is 0 Å². The summed E-state index contributed by atoms with van der Waals surface area (Å²) in [6.45, 7) is 0.783. The first-order valence-electron chi connectivity index (χ1n) is 4.92. The Bertz CT molecular complexity index is 252. The van der Waals surface area contributed by atoms with Crippen molar-refractivity contribution in [3.05, 3.63) is 0 Å². The van der Waals surface area contributed by atoms with Crippen LogP contribution in [-0.4, -0.2) is 35.9 Å². The second-order valence-electron chi connectivity index (χ2n) is 3.95. The first-order valence-corrected chi connectivity index (χ1v) is 5.91. The number of halogens is 3. The van der Waals surface area contributed by atoms with Gasteiger partial charge in [0.2, 0.25) is 0 Å². The van der Waals surface area contributed by atoms with Crippen molar-refractivity contribution >= 4 is 17.9 Å². The lowest BCUT2D eigenvalue weighted by atomic mass is 10.1. The number of thioether (sulfide) groups is 1. The Hall–Kier alpha value is -0.590. The number of amides is 1. The Morgan fingerprint density at radius 3 is 2.75 bits per heavy atom. The predicted octanol–water partition coefficient (Wildman–Crippen LogP) is 2.56. The fourth-order valence-corrected chi connectivity index (χ4v) is 2.68. The molecule has 0 aromatic rings. The van der Waals surface area contributed by atoms with Crippen LogP contribution in [0.1, 0.15) is 19.8 Å². The van der Waals surface area contributed by atoms with Crippen LogP contribution in [0.2, 0.25) is 0 Å². The van der Waals surface area contributed by atoms with Gasteiger partial charge in [-0.05, 0) is 25.5 Å². The number of alkyl halides is 3. The molecule has 16 heavy (non-hydrogen) atoms. The number of carbonyl (C=O) groups excluding carboxylic acids is 1. The number of ether oxygens (including phenoxy) is 1. The van der Waals surface area contributed by atoms with Crippen LogP contribution in [0.4, 0.5) is 18.0 Å². The number of carbonyl (C=O) groups is 1. The predicted molar refractivity (Wildman–Crippen MR) is 55.5 cm³/mol. The summed E-state index contributed by atoms with van der Waals surface area (Å²) in [6, 6.07) is 0. The average molecular weight is 257 g/mol. The zero-order valence-corrected chi connectivity index (χ0v) is 9.71. The molecular formula is C9H14F3NO2S. The van der Waals surface area contributed by atoms with Gasteiger partial charge < -0.3 is 10.1 Å². The van der Waals surface area contributed by atoms with Crippen LogP contribution in [0.3, 0.4) is 0 Å². The summed E-state index contributed by atoms with van der Waals surface area (Å²) in [7, 11) is 0. The maximum Gasteiger partial charge on any atom is 0.422 e. The van der Waals surface area contributed by atoms with E-state index < -0.39 is 18.9 Å². The van der Waals surface area contributed by atoms with E-state index in [0.717, 1.165) is 18.6 Å². The molecule has 1 fully saturated rings. The molecule has 1 amide bonds. The minimum atomic E-state index is -4.47. The highest BCUT2D eigenvalue weighted by Crippen LogP contribution is 2.36. The van der Waals surface area contributed by atoms with Crippen molar-refractivity contribution in [3.8, 4) is 0 Å². The number of hydrogen-bond donors (Lipinski definition) is 1. The molecule has 1 aliphatic rings. The van der Waals surface area contributed by atoms with Crippen LogP contribution in [-0.2, 0) is 4.74 Å². The van der Waals surface area contributed by atoms with Gasteiger partial charge in [0.15, 0.2) is 6.61 Å². The molecule has 0 bridgehead atoms. The zero-order chi connectivity index (χ0) is 12.2. The first-order chi connectivity index (χ1) is 7.31. The fourth-order valence-electron chi connectivity index (χ4n) is 1.43. The average Bonchev–Trinajstić information content (AvgIpc) is 2.59. The van der Waals surface area contributed by atoms with Crippen molar-refractivity contribution in [3.63, 3.8) is 0 Å². The molecule has 0 spiro atoms. The number of nitrogens with one attached hydrogen (secondary N) is 1. The number of rotatable bonds is 3. The van der Waals surface area contributed by atoms with Crippen molar-refractivity contribution < 1.29 is 22.7 Å². The maximum absolute atomic E-state index is 11.7. The molecule has 1 heterocycles. The third-order valence-electron chi connectivity index (χ3n) is 2.27. The van der Waals surface area contributed by atoms with Crippen LogP contribution in [0.5, 0.6) is 0 Å². The highest BCUT2D eigenvalue weighted by molar-refractivity contribution is 8.00. The molecule has 0 saturated carbocycles. The van der Waals surface area contributed by atoms with Gasteiger partial charge in [-0.2, -0.15) is 24.9 Å². The van der Waals surface area contributed by atoms with Crippen molar-refractivity contribution in [1.29, 1.82) is 0 Å². The molecule has 1 aliphatic heterocycles. The maximum atomic E-state index is 11.7. The molecule has 3 nitrogen and oxygen atoms in total. The highest BCUT2D eigenvalue weighted by Gasteiger charge is 2.32. The van der Waals surface area contributed by atoms with E-state index in [1.807, 2.05) is 6.92 Å². The van der Waals surface area contributed by atoms with E-state index in [0.29, 0.717) is 6.54 Å². The number of alkyl carbamates (subject to hydrolysis) is 1. The van der Waals surface area contributed by atoms with Gasteiger partial charge in [0.1, 0.15) is 0 Å². The Morgan fingerprint density at radius 1 is 1.56 bits per heavy atom. The van der Waals surface area contributed by atoms with Crippen molar-refractivity contribution in [2.45, 2.75) is 30.7 Å². The smallest absolute Gasteiger partial charge is 0.422 e. The summed E-state index contributed by atoms with van der Waals surface area (Å²) in [4.78, 5) is 10.9. The molecule has 0 radical (unpaired) electrons. The first kappa shape index (κ1) is 13.5. The summed E-state index contributed by atoms with van der Waals surface area (Å²) in [5.74, 6) is 1.02. The van der Waals surface area contributed by atoms with Gasteiger partial charge in [0, 0.05) is 11.3 Å². The molecule has 1 atom stereocenters. The molecule has 7 heteroatoms. The van der Waals surface area contributed by atoms with Gasteiger partial charge in [0.25, 0.3) is 0 Å². The SMILES string of the molecule is CC1(CNC(=O)OCC(F)(F)F)CCCS1. The van der Waals surface area contributed by atoms with E-state index in [-0.39, 0.29) is 4.75 Å². The Labute approximate surface area is 96.1 Å². The second kappa shape index (κ2) is 5.16. The van der Waals surface area contributed by atoms with Crippen LogP contribution < -0.4 is 5.32 Å². The van der Waals surface area contributed by atoms with E-state index in [9.17, 15) is 18.0 Å². The number of hydrogen-bond acceptors (Lipinski definition) is 3.